The lowest BCUT2D eigenvalue weighted by atomic mass is 10.0. The number of hydrogen-bond donors (Lipinski definition) is 1. The molecule has 0 unspecified atom stereocenters. The fourth-order valence-corrected chi connectivity index (χ4v) is 1.32. The van der Waals surface area contributed by atoms with Crippen molar-refractivity contribution in [1.29, 1.82) is 5.26 Å². The molecule has 1 aromatic rings. The minimum atomic E-state index is -0.949. The fourth-order valence-electron chi connectivity index (χ4n) is 1.32. The maximum absolute atomic E-state index is 10.9. The van der Waals surface area contributed by atoms with Gasteiger partial charge in [0.1, 0.15) is 0 Å². The summed E-state index contributed by atoms with van der Waals surface area (Å²) in [4.78, 5) is 10.9. The molecule has 0 aliphatic heterocycles. The number of aryl methyl sites for hydroxylation is 1. The summed E-state index contributed by atoms with van der Waals surface area (Å²) in [6.07, 6.45) is 3.63. The SMILES string of the molecule is Cc1cccc(C(=O)O)c1C=CCC#N. The molecule has 0 saturated heterocycles. The minimum Gasteiger partial charge on any atom is -0.478 e. The van der Waals surface area contributed by atoms with Gasteiger partial charge in [-0.25, -0.2) is 4.79 Å². The number of carboxylic acids is 1. The Kier molecular flexibility index (Phi) is 3.64. The van der Waals surface area contributed by atoms with E-state index in [9.17, 15) is 4.79 Å². The first-order valence-electron chi connectivity index (χ1n) is 4.53. The second-order valence-corrected chi connectivity index (χ2v) is 3.11. The van der Waals surface area contributed by atoms with Gasteiger partial charge < -0.3 is 5.11 Å². The van der Waals surface area contributed by atoms with Crippen LogP contribution in [0.4, 0.5) is 0 Å². The van der Waals surface area contributed by atoms with Gasteiger partial charge in [0.05, 0.1) is 18.1 Å². The van der Waals surface area contributed by atoms with Crippen LogP contribution in [0.5, 0.6) is 0 Å². The van der Waals surface area contributed by atoms with Crippen molar-refractivity contribution >= 4 is 12.0 Å². The van der Waals surface area contributed by atoms with E-state index in [0.717, 1.165) is 5.56 Å². The van der Waals surface area contributed by atoms with Gasteiger partial charge in [-0.1, -0.05) is 24.3 Å². The van der Waals surface area contributed by atoms with E-state index in [2.05, 4.69) is 0 Å². The fraction of sp³-hybridized carbons (Fsp3) is 0.167. The molecule has 1 N–H and O–H groups in total. The van der Waals surface area contributed by atoms with Crippen molar-refractivity contribution in [1.82, 2.24) is 0 Å². The zero-order chi connectivity index (χ0) is 11.3. The van der Waals surface area contributed by atoms with E-state index in [1.54, 1.807) is 24.3 Å². The third kappa shape index (κ3) is 2.68. The topological polar surface area (TPSA) is 61.1 Å². The molecule has 1 aromatic carbocycles. The van der Waals surface area contributed by atoms with Crippen LogP contribution in [0.2, 0.25) is 0 Å². The molecule has 15 heavy (non-hydrogen) atoms. The van der Waals surface area contributed by atoms with Crippen LogP contribution in [-0.4, -0.2) is 11.1 Å². The van der Waals surface area contributed by atoms with Crippen LogP contribution in [0.1, 0.15) is 27.9 Å². The van der Waals surface area contributed by atoms with Gasteiger partial charge in [0.15, 0.2) is 0 Å². The third-order valence-electron chi connectivity index (χ3n) is 2.05. The van der Waals surface area contributed by atoms with Gasteiger partial charge in [-0.3, -0.25) is 0 Å². The first-order chi connectivity index (χ1) is 7.16. The number of rotatable bonds is 3. The summed E-state index contributed by atoms with van der Waals surface area (Å²) >= 11 is 0. The number of nitriles is 1. The molecule has 0 bridgehead atoms. The summed E-state index contributed by atoms with van der Waals surface area (Å²) in [7, 11) is 0. The molecular weight excluding hydrogens is 190 g/mol. The van der Waals surface area contributed by atoms with Crippen molar-refractivity contribution in [2.24, 2.45) is 0 Å². The molecule has 1 rings (SSSR count). The lowest BCUT2D eigenvalue weighted by Gasteiger charge is -2.04. The summed E-state index contributed by atoms with van der Waals surface area (Å²) < 4.78 is 0. The molecule has 0 aromatic heterocycles. The van der Waals surface area contributed by atoms with E-state index >= 15 is 0 Å². The molecule has 0 amide bonds. The van der Waals surface area contributed by atoms with E-state index in [-0.39, 0.29) is 12.0 Å². The highest BCUT2D eigenvalue weighted by Gasteiger charge is 2.08. The van der Waals surface area contributed by atoms with Crippen molar-refractivity contribution < 1.29 is 9.90 Å². The Balaban J connectivity index is 3.14. The molecule has 0 spiro atoms. The van der Waals surface area contributed by atoms with Crippen molar-refractivity contribution in [2.45, 2.75) is 13.3 Å². The van der Waals surface area contributed by atoms with Crippen molar-refractivity contribution in [3.05, 3.63) is 41.0 Å². The average molecular weight is 201 g/mol. The smallest absolute Gasteiger partial charge is 0.336 e. The first-order valence-corrected chi connectivity index (χ1v) is 4.53. The van der Waals surface area contributed by atoms with E-state index in [4.69, 9.17) is 10.4 Å². The van der Waals surface area contributed by atoms with Crippen LogP contribution in [0, 0.1) is 18.3 Å². The highest BCUT2D eigenvalue weighted by Crippen LogP contribution is 2.16. The third-order valence-corrected chi connectivity index (χ3v) is 2.05. The quantitative estimate of drug-likeness (QED) is 0.817. The molecule has 0 aliphatic rings. The van der Waals surface area contributed by atoms with Crippen LogP contribution in [0.3, 0.4) is 0 Å². The van der Waals surface area contributed by atoms with Crippen molar-refractivity contribution in [3.63, 3.8) is 0 Å². The second kappa shape index (κ2) is 4.97. The number of hydrogen-bond acceptors (Lipinski definition) is 2. The van der Waals surface area contributed by atoms with Gasteiger partial charge in [0, 0.05) is 0 Å². The van der Waals surface area contributed by atoms with Crippen molar-refractivity contribution in [2.75, 3.05) is 0 Å². The molecule has 0 aliphatic carbocycles. The maximum Gasteiger partial charge on any atom is 0.336 e. The molecule has 0 heterocycles. The molecule has 0 saturated carbocycles. The number of carboxylic acid groups (broad SMARTS) is 1. The van der Waals surface area contributed by atoms with E-state index in [0.29, 0.717) is 5.56 Å². The number of allylic oxidation sites excluding steroid dienone is 1. The number of nitrogens with zero attached hydrogens (tertiary/aromatic N) is 1. The van der Waals surface area contributed by atoms with Crippen LogP contribution < -0.4 is 0 Å². The Labute approximate surface area is 88.3 Å². The molecule has 0 radical (unpaired) electrons. The lowest BCUT2D eigenvalue weighted by Crippen LogP contribution is -2.00. The summed E-state index contributed by atoms with van der Waals surface area (Å²) in [5.74, 6) is -0.949. The summed E-state index contributed by atoms with van der Waals surface area (Å²) in [5.41, 5.74) is 1.83. The van der Waals surface area contributed by atoms with Crippen LogP contribution >= 0.6 is 0 Å². The molecule has 76 valence electrons. The van der Waals surface area contributed by atoms with Gasteiger partial charge in [0.2, 0.25) is 0 Å². The zero-order valence-electron chi connectivity index (χ0n) is 8.40. The summed E-state index contributed by atoms with van der Waals surface area (Å²) in [5, 5.41) is 17.3. The van der Waals surface area contributed by atoms with E-state index in [1.165, 1.54) is 0 Å². The van der Waals surface area contributed by atoms with E-state index in [1.807, 2.05) is 19.1 Å². The van der Waals surface area contributed by atoms with Gasteiger partial charge in [-0.2, -0.15) is 5.26 Å². The van der Waals surface area contributed by atoms with E-state index < -0.39 is 5.97 Å². The van der Waals surface area contributed by atoms with Crippen LogP contribution in [0.25, 0.3) is 6.08 Å². The first kappa shape index (κ1) is 11.0. The largest absolute Gasteiger partial charge is 0.478 e. The lowest BCUT2D eigenvalue weighted by molar-refractivity contribution is 0.0696. The van der Waals surface area contributed by atoms with Crippen molar-refractivity contribution in [3.8, 4) is 6.07 Å². The monoisotopic (exact) mass is 201 g/mol. The Morgan fingerprint density at radius 2 is 2.33 bits per heavy atom. The highest BCUT2D eigenvalue weighted by atomic mass is 16.4. The molecular formula is C12H11NO2. The number of carbonyl (C=O) groups is 1. The average Bonchev–Trinajstić information content (AvgIpc) is 2.20. The Hall–Kier alpha value is -2.08. The highest BCUT2D eigenvalue weighted by molar-refractivity contribution is 5.92. The minimum absolute atomic E-state index is 0.268. The summed E-state index contributed by atoms with van der Waals surface area (Å²) in [6.45, 7) is 1.85. The van der Waals surface area contributed by atoms with Crippen LogP contribution in [-0.2, 0) is 0 Å². The predicted octanol–water partition coefficient (Wildman–Crippen LogP) is 2.62. The predicted molar refractivity (Wildman–Crippen MR) is 57.4 cm³/mol. The number of benzene rings is 1. The number of aromatic carboxylic acids is 1. The van der Waals surface area contributed by atoms with Gasteiger partial charge in [-0.05, 0) is 24.1 Å². The molecule has 3 heteroatoms. The molecule has 3 nitrogen and oxygen atoms in total. The Morgan fingerprint density at radius 1 is 1.60 bits per heavy atom. The normalized spacial score (nSPS) is 10.1. The maximum atomic E-state index is 10.9. The van der Waals surface area contributed by atoms with Gasteiger partial charge >= 0.3 is 5.97 Å². The Bertz CT molecular complexity index is 441. The molecule has 0 fully saturated rings. The second-order valence-electron chi connectivity index (χ2n) is 3.11. The Morgan fingerprint density at radius 3 is 2.93 bits per heavy atom. The summed E-state index contributed by atoms with van der Waals surface area (Å²) in [6, 6.07) is 7.08. The van der Waals surface area contributed by atoms with Gasteiger partial charge in [-0.15, -0.1) is 0 Å². The molecule has 0 atom stereocenters. The zero-order valence-corrected chi connectivity index (χ0v) is 8.40. The van der Waals surface area contributed by atoms with Crippen LogP contribution in [0.15, 0.2) is 24.3 Å². The standard InChI is InChI=1S/C12H11NO2/c1-9-5-4-7-11(12(14)15)10(9)6-2-3-8-13/h2,4-7H,3H2,1H3,(H,14,15). The van der Waals surface area contributed by atoms with Gasteiger partial charge in [0.25, 0.3) is 0 Å².